The summed E-state index contributed by atoms with van der Waals surface area (Å²) in [7, 11) is 0. The molecule has 0 heterocycles. The van der Waals surface area contributed by atoms with E-state index < -0.39 is 11.8 Å². The smallest absolute Gasteiger partial charge is 0.329 e. The fourth-order valence-corrected chi connectivity index (χ4v) is 2.94. The van der Waals surface area contributed by atoms with Crippen molar-refractivity contribution in [3.8, 4) is 11.5 Å². The quantitative estimate of drug-likeness (QED) is 0.271. The van der Waals surface area contributed by atoms with Crippen molar-refractivity contribution in [2.75, 3.05) is 6.61 Å². The number of ether oxygens (including phenoxy) is 2. The van der Waals surface area contributed by atoms with Crippen LogP contribution in [0.25, 0.3) is 0 Å². The molecule has 34 heavy (non-hydrogen) atoms. The van der Waals surface area contributed by atoms with Gasteiger partial charge in [0.25, 0.3) is 0 Å². The van der Waals surface area contributed by atoms with Gasteiger partial charge in [-0.1, -0.05) is 35.9 Å². The number of nitrogens with one attached hydrogen (secondary N) is 2. The van der Waals surface area contributed by atoms with Crippen LogP contribution < -0.4 is 20.2 Å². The largest absolute Gasteiger partial charge is 0.490 e. The van der Waals surface area contributed by atoms with E-state index in [-0.39, 0.29) is 19.0 Å². The van der Waals surface area contributed by atoms with E-state index in [4.69, 9.17) is 21.1 Å². The lowest BCUT2D eigenvalue weighted by Crippen LogP contribution is -2.37. The molecule has 0 fully saturated rings. The van der Waals surface area contributed by atoms with Crippen LogP contribution in [0.1, 0.15) is 23.6 Å². The number of hydrazone groups is 1. The van der Waals surface area contributed by atoms with E-state index in [9.17, 15) is 14.0 Å². The van der Waals surface area contributed by atoms with Crippen LogP contribution >= 0.6 is 11.6 Å². The number of amides is 2. The Morgan fingerprint density at radius 3 is 2.35 bits per heavy atom. The molecule has 3 rings (SSSR count). The summed E-state index contributed by atoms with van der Waals surface area (Å²) in [5, 5.41) is 6.92. The standard InChI is InChI=1S/C25H23ClFN3O4/c1-2-33-23-13-19(7-12-22(23)34-16-18-5-10-21(27)11-6-18)15-29-30-25(32)24(31)28-14-17-3-8-20(26)9-4-17/h3-13,15H,2,14,16H2,1H3,(H,28,31)(H,30,32)/b29-15-. The second kappa shape index (κ2) is 12.4. The van der Waals surface area contributed by atoms with Gasteiger partial charge in [0.05, 0.1) is 12.8 Å². The number of rotatable bonds is 9. The van der Waals surface area contributed by atoms with E-state index in [0.29, 0.717) is 28.7 Å². The molecule has 0 atom stereocenters. The number of benzene rings is 3. The Hall–Kier alpha value is -3.91. The topological polar surface area (TPSA) is 89.0 Å². The van der Waals surface area contributed by atoms with Crippen LogP contribution in [0.2, 0.25) is 5.02 Å². The summed E-state index contributed by atoms with van der Waals surface area (Å²) in [6.07, 6.45) is 1.39. The monoisotopic (exact) mass is 483 g/mol. The van der Waals surface area contributed by atoms with E-state index in [2.05, 4.69) is 15.8 Å². The summed E-state index contributed by atoms with van der Waals surface area (Å²) >= 11 is 5.82. The molecule has 3 aromatic rings. The van der Waals surface area contributed by atoms with E-state index >= 15 is 0 Å². The average Bonchev–Trinajstić information content (AvgIpc) is 2.84. The first-order valence-corrected chi connectivity index (χ1v) is 10.8. The highest BCUT2D eigenvalue weighted by atomic mass is 35.5. The molecule has 0 saturated heterocycles. The molecular formula is C25H23ClFN3O4. The van der Waals surface area contributed by atoms with Crippen molar-refractivity contribution in [1.82, 2.24) is 10.7 Å². The zero-order valence-electron chi connectivity index (χ0n) is 18.4. The maximum atomic E-state index is 13.1. The Labute approximate surface area is 201 Å². The molecule has 0 aliphatic heterocycles. The van der Waals surface area contributed by atoms with Gasteiger partial charge >= 0.3 is 11.8 Å². The minimum absolute atomic E-state index is 0.185. The molecule has 2 N–H and O–H groups in total. The first-order valence-electron chi connectivity index (χ1n) is 10.4. The predicted octanol–water partition coefficient (Wildman–Crippen LogP) is 4.22. The molecule has 0 unspecified atom stereocenters. The number of hydrogen-bond acceptors (Lipinski definition) is 5. The van der Waals surface area contributed by atoms with E-state index in [1.165, 1.54) is 18.3 Å². The van der Waals surface area contributed by atoms with Crippen molar-refractivity contribution < 1.29 is 23.5 Å². The molecule has 0 bridgehead atoms. The second-order valence-electron chi connectivity index (χ2n) is 7.06. The predicted molar refractivity (Wildman–Crippen MR) is 127 cm³/mol. The molecule has 0 aliphatic carbocycles. The molecule has 176 valence electrons. The number of hydrogen-bond donors (Lipinski definition) is 2. The first kappa shape index (κ1) is 24.7. The molecule has 3 aromatic carbocycles. The van der Waals surface area contributed by atoms with Crippen molar-refractivity contribution in [2.45, 2.75) is 20.1 Å². The van der Waals surface area contributed by atoms with Gasteiger partial charge in [-0.15, -0.1) is 0 Å². The van der Waals surface area contributed by atoms with Gasteiger partial charge < -0.3 is 14.8 Å². The Balaban J connectivity index is 1.54. The average molecular weight is 484 g/mol. The third-order valence-corrected chi connectivity index (χ3v) is 4.78. The summed E-state index contributed by atoms with van der Waals surface area (Å²) in [4.78, 5) is 23.9. The lowest BCUT2D eigenvalue weighted by atomic mass is 10.2. The highest BCUT2D eigenvalue weighted by Crippen LogP contribution is 2.29. The maximum Gasteiger partial charge on any atom is 0.329 e. The van der Waals surface area contributed by atoms with Crippen molar-refractivity contribution in [3.05, 3.63) is 94.3 Å². The summed E-state index contributed by atoms with van der Waals surface area (Å²) in [5.41, 5.74) is 4.43. The van der Waals surface area contributed by atoms with Gasteiger partial charge in [-0.25, -0.2) is 9.82 Å². The van der Waals surface area contributed by atoms with Crippen LogP contribution in [-0.4, -0.2) is 24.6 Å². The van der Waals surface area contributed by atoms with Crippen LogP contribution in [0.4, 0.5) is 4.39 Å². The number of carbonyl (C=O) groups excluding carboxylic acids is 2. The van der Waals surface area contributed by atoms with E-state index in [1.54, 1.807) is 54.6 Å². The SMILES string of the molecule is CCOc1cc(/C=N\NC(=O)C(=O)NCc2ccc(Cl)cc2)ccc1OCc1ccc(F)cc1. The lowest BCUT2D eigenvalue weighted by molar-refractivity contribution is -0.139. The summed E-state index contributed by atoms with van der Waals surface area (Å²) in [6, 6.07) is 18.0. The van der Waals surface area contributed by atoms with Crippen molar-refractivity contribution in [3.63, 3.8) is 0 Å². The zero-order chi connectivity index (χ0) is 24.3. The Morgan fingerprint density at radius 1 is 0.941 bits per heavy atom. The first-order chi connectivity index (χ1) is 16.4. The van der Waals surface area contributed by atoms with Gasteiger partial charge in [0.2, 0.25) is 0 Å². The van der Waals surface area contributed by atoms with Gasteiger partial charge in [-0.3, -0.25) is 9.59 Å². The normalized spacial score (nSPS) is 10.7. The summed E-state index contributed by atoms with van der Waals surface area (Å²) in [5.74, 6) is -1.02. The third kappa shape index (κ3) is 7.60. The van der Waals surface area contributed by atoms with Crippen LogP contribution in [0, 0.1) is 5.82 Å². The highest BCUT2D eigenvalue weighted by molar-refractivity contribution is 6.35. The van der Waals surface area contributed by atoms with E-state index in [1.807, 2.05) is 6.92 Å². The lowest BCUT2D eigenvalue weighted by Gasteiger charge is -2.12. The van der Waals surface area contributed by atoms with Crippen LogP contribution in [0.15, 0.2) is 71.8 Å². The molecule has 0 spiro atoms. The second-order valence-corrected chi connectivity index (χ2v) is 7.50. The Bertz CT molecular complexity index is 1150. The maximum absolute atomic E-state index is 13.1. The van der Waals surface area contributed by atoms with E-state index in [0.717, 1.165) is 11.1 Å². The molecule has 0 saturated carbocycles. The number of nitrogens with zero attached hydrogens (tertiary/aromatic N) is 1. The highest BCUT2D eigenvalue weighted by Gasteiger charge is 2.12. The molecule has 2 amide bonds. The molecule has 0 aromatic heterocycles. The molecule has 0 aliphatic rings. The Morgan fingerprint density at radius 2 is 1.65 bits per heavy atom. The van der Waals surface area contributed by atoms with Crippen LogP contribution in [0.3, 0.4) is 0 Å². The van der Waals surface area contributed by atoms with Crippen molar-refractivity contribution in [2.24, 2.45) is 5.10 Å². The van der Waals surface area contributed by atoms with Crippen molar-refractivity contribution >= 4 is 29.6 Å². The minimum Gasteiger partial charge on any atom is -0.490 e. The van der Waals surface area contributed by atoms with Gasteiger partial charge in [0, 0.05) is 11.6 Å². The molecule has 9 heteroatoms. The van der Waals surface area contributed by atoms with Gasteiger partial charge in [-0.2, -0.15) is 5.10 Å². The summed E-state index contributed by atoms with van der Waals surface area (Å²) in [6.45, 7) is 2.69. The van der Waals surface area contributed by atoms with Gasteiger partial charge in [-0.05, 0) is 66.1 Å². The minimum atomic E-state index is -0.894. The summed E-state index contributed by atoms with van der Waals surface area (Å²) < 4.78 is 24.5. The number of carbonyl (C=O) groups is 2. The number of halogens is 2. The molecule has 0 radical (unpaired) electrons. The fraction of sp³-hybridized carbons (Fsp3) is 0.160. The fourth-order valence-electron chi connectivity index (χ4n) is 2.82. The third-order valence-electron chi connectivity index (χ3n) is 4.53. The van der Waals surface area contributed by atoms with Crippen LogP contribution in [-0.2, 0) is 22.7 Å². The van der Waals surface area contributed by atoms with Gasteiger partial charge in [0.15, 0.2) is 11.5 Å². The molecule has 7 nitrogen and oxygen atoms in total. The van der Waals surface area contributed by atoms with Gasteiger partial charge in [0.1, 0.15) is 12.4 Å². The Kier molecular flexibility index (Phi) is 8.99. The van der Waals surface area contributed by atoms with Crippen LogP contribution in [0.5, 0.6) is 11.5 Å². The zero-order valence-corrected chi connectivity index (χ0v) is 19.1. The molecular weight excluding hydrogens is 461 g/mol. The van der Waals surface area contributed by atoms with Crippen molar-refractivity contribution in [1.29, 1.82) is 0 Å².